The summed E-state index contributed by atoms with van der Waals surface area (Å²) in [6.45, 7) is 0. The first-order chi connectivity index (χ1) is 12.8. The van der Waals surface area contributed by atoms with Crippen LogP contribution in [0.4, 0.5) is 13.2 Å². The minimum absolute atomic E-state index is 0.0471. The fourth-order valence-electron chi connectivity index (χ4n) is 3.72. The van der Waals surface area contributed by atoms with Crippen molar-refractivity contribution < 1.29 is 32.5 Å². The van der Waals surface area contributed by atoms with Gasteiger partial charge in [-0.25, -0.2) is 0 Å². The highest BCUT2D eigenvalue weighted by Gasteiger charge is 2.44. The van der Waals surface area contributed by atoms with Gasteiger partial charge in [0.05, 0.1) is 5.92 Å². The highest BCUT2D eigenvalue weighted by Crippen LogP contribution is 2.48. The summed E-state index contributed by atoms with van der Waals surface area (Å²) in [5.74, 6) is -0.614. The maximum absolute atomic E-state index is 12.5. The van der Waals surface area contributed by atoms with E-state index in [1.165, 1.54) is 12.1 Å². The molecule has 1 fully saturated rings. The maximum atomic E-state index is 12.5. The standard InChI is InChI=1S/C20H17F3O4/c21-20(22,23)27-18-3-1-2-13-14(18)8-9-17(13)26-12-6-4-11(5-7-12)15-10-16(15)19(24)25/h1-7,15-17H,8-10H2,(H,24,25)/t15-,16+,17+/m0/s1. The van der Waals surface area contributed by atoms with Gasteiger partial charge in [0, 0.05) is 5.56 Å². The molecule has 4 rings (SSSR count). The number of carboxylic acids is 1. The van der Waals surface area contributed by atoms with E-state index in [9.17, 15) is 18.0 Å². The van der Waals surface area contributed by atoms with E-state index in [0.717, 1.165) is 5.56 Å². The molecule has 2 aliphatic rings. The van der Waals surface area contributed by atoms with Gasteiger partial charge >= 0.3 is 12.3 Å². The average molecular weight is 378 g/mol. The lowest BCUT2D eigenvalue weighted by atomic mass is 10.1. The van der Waals surface area contributed by atoms with Crippen molar-refractivity contribution in [3.63, 3.8) is 0 Å². The lowest BCUT2D eigenvalue weighted by Gasteiger charge is -2.16. The summed E-state index contributed by atoms with van der Waals surface area (Å²) in [6, 6.07) is 11.9. The third-order valence-electron chi connectivity index (χ3n) is 5.09. The van der Waals surface area contributed by atoms with E-state index < -0.39 is 12.3 Å². The molecule has 7 heteroatoms. The summed E-state index contributed by atoms with van der Waals surface area (Å²) < 4.78 is 47.7. The molecule has 2 aliphatic carbocycles. The Hall–Kier alpha value is -2.70. The molecule has 3 atom stereocenters. The van der Waals surface area contributed by atoms with Crippen molar-refractivity contribution in [3.05, 3.63) is 59.2 Å². The first-order valence-electron chi connectivity index (χ1n) is 8.69. The van der Waals surface area contributed by atoms with Crippen molar-refractivity contribution in [3.8, 4) is 11.5 Å². The van der Waals surface area contributed by atoms with E-state index in [2.05, 4.69) is 4.74 Å². The summed E-state index contributed by atoms with van der Waals surface area (Å²) in [5.41, 5.74) is 2.19. The van der Waals surface area contributed by atoms with Crippen LogP contribution in [0.25, 0.3) is 0 Å². The zero-order valence-electron chi connectivity index (χ0n) is 14.2. The third kappa shape index (κ3) is 3.72. The van der Waals surface area contributed by atoms with Gasteiger partial charge in [-0.2, -0.15) is 0 Å². The zero-order valence-corrected chi connectivity index (χ0v) is 14.2. The molecule has 2 aromatic rings. The lowest BCUT2D eigenvalue weighted by Crippen LogP contribution is -2.18. The van der Waals surface area contributed by atoms with Crippen molar-refractivity contribution in [2.45, 2.75) is 37.6 Å². The number of fused-ring (bicyclic) bond motifs is 1. The summed E-state index contributed by atoms with van der Waals surface area (Å²) in [4.78, 5) is 11.0. The fourth-order valence-corrected chi connectivity index (χ4v) is 3.72. The maximum Gasteiger partial charge on any atom is 0.573 e. The monoisotopic (exact) mass is 378 g/mol. The normalized spacial score (nSPS) is 23.6. The van der Waals surface area contributed by atoms with Crippen molar-refractivity contribution in [1.29, 1.82) is 0 Å². The predicted octanol–water partition coefficient (Wildman–Crippen LogP) is 4.84. The Balaban J connectivity index is 1.46. The topological polar surface area (TPSA) is 55.8 Å². The molecule has 0 bridgehead atoms. The Morgan fingerprint density at radius 1 is 1.11 bits per heavy atom. The molecule has 4 nitrogen and oxygen atoms in total. The van der Waals surface area contributed by atoms with E-state index in [0.29, 0.717) is 36.1 Å². The van der Waals surface area contributed by atoms with Crippen LogP contribution in [0.3, 0.4) is 0 Å². The van der Waals surface area contributed by atoms with Crippen LogP contribution in [-0.2, 0) is 11.2 Å². The van der Waals surface area contributed by atoms with Crippen LogP contribution >= 0.6 is 0 Å². The second kappa shape index (κ2) is 6.48. The molecule has 0 radical (unpaired) electrons. The summed E-state index contributed by atoms with van der Waals surface area (Å²) >= 11 is 0. The van der Waals surface area contributed by atoms with Gasteiger partial charge in [0.25, 0.3) is 0 Å². The van der Waals surface area contributed by atoms with Crippen LogP contribution in [0, 0.1) is 5.92 Å². The van der Waals surface area contributed by atoms with Crippen molar-refractivity contribution in [1.82, 2.24) is 0 Å². The third-order valence-corrected chi connectivity index (χ3v) is 5.09. The van der Waals surface area contributed by atoms with Crippen LogP contribution in [0.15, 0.2) is 42.5 Å². The van der Waals surface area contributed by atoms with E-state index >= 15 is 0 Å². The molecule has 1 N–H and O–H groups in total. The molecule has 0 heterocycles. The number of hydrogen-bond donors (Lipinski definition) is 1. The Kier molecular flexibility index (Phi) is 4.25. The molecular weight excluding hydrogens is 361 g/mol. The number of rotatable bonds is 5. The summed E-state index contributed by atoms with van der Waals surface area (Å²) in [5, 5.41) is 9.01. The number of carbonyl (C=O) groups is 1. The van der Waals surface area contributed by atoms with Crippen LogP contribution in [0.5, 0.6) is 11.5 Å². The zero-order chi connectivity index (χ0) is 19.2. The van der Waals surface area contributed by atoms with Crippen molar-refractivity contribution in [2.75, 3.05) is 0 Å². The molecule has 0 spiro atoms. The fraction of sp³-hybridized carbons (Fsp3) is 0.350. The number of ether oxygens (including phenoxy) is 2. The van der Waals surface area contributed by atoms with E-state index in [1.807, 2.05) is 12.1 Å². The second-order valence-corrected chi connectivity index (χ2v) is 6.87. The molecule has 1 saturated carbocycles. The van der Waals surface area contributed by atoms with E-state index in [-0.39, 0.29) is 23.7 Å². The average Bonchev–Trinajstić information content (AvgIpc) is 3.31. The number of benzene rings is 2. The van der Waals surface area contributed by atoms with Gasteiger partial charge in [-0.15, -0.1) is 13.2 Å². The van der Waals surface area contributed by atoms with E-state index in [4.69, 9.17) is 9.84 Å². The summed E-state index contributed by atoms with van der Waals surface area (Å²) in [6.07, 6.45) is -3.39. The van der Waals surface area contributed by atoms with Gasteiger partial charge in [-0.05, 0) is 54.5 Å². The lowest BCUT2D eigenvalue weighted by molar-refractivity contribution is -0.274. The van der Waals surface area contributed by atoms with E-state index in [1.54, 1.807) is 18.2 Å². The number of halogens is 3. The van der Waals surface area contributed by atoms with Crippen LogP contribution in [0.2, 0.25) is 0 Å². The molecule has 0 aromatic heterocycles. The smallest absolute Gasteiger partial charge is 0.486 e. The second-order valence-electron chi connectivity index (χ2n) is 6.87. The van der Waals surface area contributed by atoms with Crippen LogP contribution < -0.4 is 9.47 Å². The first kappa shape index (κ1) is 17.7. The van der Waals surface area contributed by atoms with Gasteiger partial charge in [0.15, 0.2) is 0 Å². The molecule has 0 amide bonds. The largest absolute Gasteiger partial charge is 0.573 e. The Bertz CT molecular complexity index is 861. The summed E-state index contributed by atoms with van der Waals surface area (Å²) in [7, 11) is 0. The van der Waals surface area contributed by atoms with Crippen LogP contribution in [-0.4, -0.2) is 17.4 Å². The minimum Gasteiger partial charge on any atom is -0.486 e. The molecule has 0 unspecified atom stereocenters. The van der Waals surface area contributed by atoms with Gasteiger partial charge in [-0.1, -0.05) is 24.3 Å². The number of carboxylic acid groups (broad SMARTS) is 1. The molecule has 27 heavy (non-hydrogen) atoms. The highest BCUT2D eigenvalue weighted by molar-refractivity contribution is 5.75. The highest BCUT2D eigenvalue weighted by atomic mass is 19.4. The Morgan fingerprint density at radius 3 is 2.48 bits per heavy atom. The molecule has 142 valence electrons. The Labute approximate surface area is 153 Å². The minimum atomic E-state index is -4.72. The van der Waals surface area contributed by atoms with Gasteiger partial charge in [-0.3, -0.25) is 4.79 Å². The number of alkyl halides is 3. The molecule has 2 aromatic carbocycles. The molecule has 0 saturated heterocycles. The van der Waals surface area contributed by atoms with Crippen molar-refractivity contribution >= 4 is 5.97 Å². The van der Waals surface area contributed by atoms with Crippen LogP contribution in [0.1, 0.15) is 41.6 Å². The van der Waals surface area contributed by atoms with Gasteiger partial charge in [0.2, 0.25) is 0 Å². The van der Waals surface area contributed by atoms with Gasteiger partial charge in [0.1, 0.15) is 17.6 Å². The molecular formula is C20H17F3O4. The first-order valence-corrected chi connectivity index (χ1v) is 8.69. The SMILES string of the molecule is O=C(O)[C@@H]1C[C@H]1c1ccc(O[C@@H]2CCc3c(OC(F)(F)F)cccc32)cc1. The predicted molar refractivity (Wildman–Crippen MR) is 89.7 cm³/mol. The Morgan fingerprint density at radius 2 is 1.85 bits per heavy atom. The number of hydrogen-bond acceptors (Lipinski definition) is 3. The quantitative estimate of drug-likeness (QED) is 0.809. The van der Waals surface area contributed by atoms with Gasteiger partial charge < -0.3 is 14.6 Å². The van der Waals surface area contributed by atoms with Crippen molar-refractivity contribution in [2.24, 2.45) is 5.92 Å². The number of aliphatic carboxylic acids is 1. The molecule has 0 aliphatic heterocycles.